The maximum Gasteiger partial charge on any atom is 0.243 e. The minimum Gasteiger partial charge on any atom is -0.394 e. The molecule has 1 aromatic heterocycles. The number of nitrogens with zero attached hydrogens (tertiary/aromatic N) is 1. The van der Waals surface area contributed by atoms with Crippen LogP contribution in [0.4, 0.5) is 0 Å². The van der Waals surface area contributed by atoms with E-state index in [-0.39, 0.29) is 38.5 Å². The Morgan fingerprint density at radius 1 is 0.505 bits per heavy atom. The monoisotopic (exact) mass is 1430 g/mol. The molecule has 0 radical (unpaired) electrons. The lowest BCUT2D eigenvalue weighted by Gasteiger charge is -2.51. The molecule has 552 valence electrons. The third-order valence-electron chi connectivity index (χ3n) is 15.7. The van der Waals surface area contributed by atoms with Crippen LogP contribution in [0.25, 0.3) is 0 Å². The standard InChI is InChI=1S/C56H91N9O30S2/c1-23(71)60-36-43(79)47(29(18-67)87-52(36)84)92-54-38(61-24(2)72)45(81)49(31(20-69)89-54)94-56-40(63-26(4)74)46(82)50(32(21-70)91-56)95-55-39(62-25(3)73)44(80)48(30(19-68)90-55)93-53-37(42(78)41(77)28(17-66)88-53)65-33(75)8-12-59-51(83)27(22-96-97-35-7-5-6-11-58-35)64-34(76)9-13-85-15-16-86-14-10-57/h5-7,11,27-32,36-50,52-56,66-70,77-82,84H,8-10,12-22,57H2,1-4H3,(H,59,83)(H,60,71)(H,61,72)(H,62,73)(H,63,74)(H,64,76)(H,65,75)/t27-,28+,29+,30+,31+,32+,36+,37+,38+,39+,40+,41+,42+,43+,44+,45+,46+,47?,48?,49?,50?,52?,53-,54-,55-,56-/m0/s1. The highest BCUT2D eigenvalue weighted by atomic mass is 33.1. The number of carbonyl (C=O) groups excluding carboxylic acids is 7. The van der Waals surface area contributed by atoms with Crippen molar-refractivity contribution in [3.8, 4) is 0 Å². The first kappa shape index (κ1) is 81.1. The van der Waals surface area contributed by atoms with E-state index < -0.39 is 240 Å². The van der Waals surface area contributed by atoms with Gasteiger partial charge in [0.05, 0.1) is 59.5 Å². The van der Waals surface area contributed by atoms with Crippen molar-refractivity contribution >= 4 is 62.9 Å². The van der Waals surface area contributed by atoms with Crippen LogP contribution in [0.15, 0.2) is 29.4 Å². The molecule has 5 aliphatic rings. The summed E-state index contributed by atoms with van der Waals surface area (Å²) in [5, 5.41) is 151. The van der Waals surface area contributed by atoms with Gasteiger partial charge in [-0.3, -0.25) is 33.6 Å². The number of aromatic nitrogens is 1. The van der Waals surface area contributed by atoms with E-state index in [2.05, 4.69) is 42.2 Å². The number of rotatable bonds is 35. The molecule has 6 rings (SSSR count). The molecule has 5 unspecified atom stereocenters. The summed E-state index contributed by atoms with van der Waals surface area (Å²) in [5.74, 6) is -5.24. The van der Waals surface area contributed by atoms with Crippen molar-refractivity contribution in [2.45, 2.75) is 205 Å². The van der Waals surface area contributed by atoms with Crippen LogP contribution in [-0.4, -0.2) is 345 Å². The average molecular weight is 1430 g/mol. The van der Waals surface area contributed by atoms with Gasteiger partial charge < -0.3 is 156 Å². The number of aliphatic hydroxyl groups is 12. The highest BCUT2D eigenvalue weighted by Gasteiger charge is 2.58. The van der Waals surface area contributed by atoms with Crippen molar-refractivity contribution in [2.24, 2.45) is 5.73 Å². The number of nitrogens with two attached hydrogens (primary N) is 1. The summed E-state index contributed by atoms with van der Waals surface area (Å²) in [6.07, 6.45) is -35.8. The smallest absolute Gasteiger partial charge is 0.243 e. The normalized spacial score (nSPS) is 35.5. The van der Waals surface area contributed by atoms with Crippen molar-refractivity contribution in [3.63, 3.8) is 0 Å². The molecule has 41 heteroatoms. The Bertz CT molecular complexity index is 2650. The van der Waals surface area contributed by atoms with Crippen LogP contribution in [0.3, 0.4) is 0 Å². The Morgan fingerprint density at radius 2 is 0.918 bits per heavy atom. The summed E-state index contributed by atoms with van der Waals surface area (Å²) in [4.78, 5) is 94.8. The second-order valence-electron chi connectivity index (χ2n) is 23.0. The summed E-state index contributed by atoms with van der Waals surface area (Å²) >= 11 is 0. The third kappa shape index (κ3) is 22.8. The zero-order chi connectivity index (χ0) is 71.2. The Balaban J connectivity index is 1.15. The van der Waals surface area contributed by atoms with E-state index in [1.807, 2.05) is 0 Å². The van der Waals surface area contributed by atoms with Crippen molar-refractivity contribution in [1.29, 1.82) is 0 Å². The molecule has 0 bridgehead atoms. The van der Waals surface area contributed by atoms with Gasteiger partial charge in [-0.2, -0.15) is 0 Å². The number of ether oxygens (including phenoxy) is 11. The van der Waals surface area contributed by atoms with E-state index in [9.17, 15) is 94.8 Å². The predicted octanol–water partition coefficient (Wildman–Crippen LogP) is -11.0. The van der Waals surface area contributed by atoms with Crippen LogP contribution in [0, 0.1) is 0 Å². The summed E-state index contributed by atoms with van der Waals surface area (Å²) in [7, 11) is 2.46. The predicted molar refractivity (Wildman–Crippen MR) is 326 cm³/mol. The van der Waals surface area contributed by atoms with Gasteiger partial charge in [0, 0.05) is 65.6 Å². The molecule has 39 nitrogen and oxygen atoms in total. The first-order valence-electron chi connectivity index (χ1n) is 31.0. The van der Waals surface area contributed by atoms with Gasteiger partial charge in [0.15, 0.2) is 31.5 Å². The van der Waals surface area contributed by atoms with E-state index >= 15 is 0 Å². The topological polar surface area (TPSA) is 587 Å². The lowest BCUT2D eigenvalue weighted by atomic mass is 9.93. The van der Waals surface area contributed by atoms with Crippen molar-refractivity contribution in [2.75, 3.05) is 78.3 Å². The average Bonchev–Trinajstić information content (AvgIpc) is 0.772. The second kappa shape index (κ2) is 40.0. The highest BCUT2D eigenvalue weighted by Crippen LogP contribution is 2.37. The Hall–Kier alpha value is -4.82. The van der Waals surface area contributed by atoms with Crippen LogP contribution in [0.2, 0.25) is 0 Å². The van der Waals surface area contributed by atoms with Gasteiger partial charge in [0.2, 0.25) is 41.4 Å². The fraction of sp³-hybridized carbons (Fsp3) is 0.786. The maximum absolute atomic E-state index is 13.7. The first-order valence-corrected chi connectivity index (χ1v) is 33.3. The summed E-state index contributed by atoms with van der Waals surface area (Å²) in [6, 6.07) is -4.43. The van der Waals surface area contributed by atoms with Crippen molar-refractivity contribution < 1.29 is 147 Å². The first-order chi connectivity index (χ1) is 46.3. The van der Waals surface area contributed by atoms with Gasteiger partial charge in [-0.15, -0.1) is 0 Å². The lowest BCUT2D eigenvalue weighted by Crippen LogP contribution is -2.72. The molecule has 5 saturated heterocycles. The number of pyridine rings is 1. The molecular weight excluding hydrogens is 1340 g/mol. The van der Waals surface area contributed by atoms with Crippen LogP contribution in [0.1, 0.15) is 40.5 Å². The SMILES string of the molecule is CC(=O)N[C@H]1[C@H](OC2[C@@H](CO)O[C@@H](OC3[C@@H](CO)O[C@@H](OC4[C@@H](CO)OC(O)[C@H](NC(C)=O)[C@H]4O)[C@H](NC(C)=O)[C@H]3O)[C@H](NC(C)=O)[C@H]2O)O[C@H](CO)C(O[C@@H]2O[C@H](CO)[C@@H](O)[C@H](O)[C@H]2NC(=O)CCNC(=O)[C@H](CSSc2ccccn2)NC(=O)CCOCCOCCN)[C@@H]1O. The van der Waals surface area contributed by atoms with E-state index in [4.69, 9.17) is 57.8 Å². The lowest BCUT2D eigenvalue weighted by molar-refractivity contribution is -0.367. The number of hydrogen-bond acceptors (Lipinski definition) is 34. The molecule has 1 aromatic rings. The molecule has 0 saturated carbocycles. The minimum atomic E-state index is -2.07. The molecule has 21 N–H and O–H groups in total. The van der Waals surface area contributed by atoms with Crippen LogP contribution < -0.4 is 43.0 Å². The molecule has 0 spiro atoms. The van der Waals surface area contributed by atoms with Crippen LogP contribution >= 0.6 is 21.6 Å². The molecule has 0 aliphatic carbocycles. The van der Waals surface area contributed by atoms with Crippen molar-refractivity contribution in [3.05, 3.63) is 24.4 Å². The van der Waals surface area contributed by atoms with Gasteiger partial charge in [-0.1, -0.05) is 16.9 Å². The van der Waals surface area contributed by atoms with Crippen molar-refractivity contribution in [1.82, 2.24) is 42.2 Å². The maximum atomic E-state index is 13.7. The molecule has 97 heavy (non-hydrogen) atoms. The third-order valence-corrected chi connectivity index (χ3v) is 18.0. The number of aliphatic hydroxyl groups excluding tert-OH is 12. The number of nitrogens with one attached hydrogen (secondary N) is 7. The molecule has 5 aliphatic heterocycles. The van der Waals surface area contributed by atoms with Gasteiger partial charge in [0.1, 0.15) is 133 Å². The van der Waals surface area contributed by atoms with Gasteiger partial charge in [-0.25, -0.2) is 4.98 Å². The Kier molecular flexibility index (Phi) is 33.5. The number of amides is 7. The second-order valence-corrected chi connectivity index (χ2v) is 25.3. The quantitative estimate of drug-likeness (QED) is 0.0222. The van der Waals surface area contributed by atoms with Gasteiger partial charge >= 0.3 is 0 Å². The molecule has 6 heterocycles. The summed E-state index contributed by atoms with van der Waals surface area (Å²) < 4.78 is 64.5. The zero-order valence-corrected chi connectivity index (χ0v) is 54.9. The van der Waals surface area contributed by atoms with Crippen LogP contribution in [0.5, 0.6) is 0 Å². The van der Waals surface area contributed by atoms with Gasteiger partial charge in [-0.05, 0) is 22.9 Å². The molecular formula is C56H91N9O30S2. The summed E-state index contributed by atoms with van der Waals surface area (Å²) in [5.41, 5.74) is 5.41. The minimum absolute atomic E-state index is 0.0140. The Labute approximate surface area is 563 Å². The zero-order valence-electron chi connectivity index (χ0n) is 53.3. The molecule has 0 aromatic carbocycles. The van der Waals surface area contributed by atoms with Crippen LogP contribution in [-0.2, 0) is 85.7 Å². The van der Waals surface area contributed by atoms with E-state index in [1.54, 1.807) is 24.4 Å². The largest absolute Gasteiger partial charge is 0.394 e. The number of carbonyl (C=O) groups is 7. The molecule has 26 atom stereocenters. The fourth-order valence-electron chi connectivity index (χ4n) is 11.1. The molecule has 7 amide bonds. The van der Waals surface area contributed by atoms with E-state index in [1.165, 1.54) is 21.6 Å². The Morgan fingerprint density at radius 3 is 1.34 bits per heavy atom. The number of hydrogen-bond donors (Lipinski definition) is 20. The highest BCUT2D eigenvalue weighted by molar-refractivity contribution is 8.76. The van der Waals surface area contributed by atoms with E-state index in [0.29, 0.717) is 18.2 Å². The molecule has 5 fully saturated rings. The van der Waals surface area contributed by atoms with Gasteiger partial charge in [0.25, 0.3) is 0 Å². The fourth-order valence-corrected chi connectivity index (χ4v) is 13.2. The van der Waals surface area contributed by atoms with E-state index in [0.717, 1.165) is 27.7 Å². The summed E-state index contributed by atoms with van der Waals surface area (Å²) in [6.45, 7) is 0.00790.